The van der Waals surface area contributed by atoms with Gasteiger partial charge in [-0.1, -0.05) is 29.5 Å². The summed E-state index contributed by atoms with van der Waals surface area (Å²) in [4.78, 5) is 34.3. The number of fused-ring (bicyclic) bond motifs is 1. The summed E-state index contributed by atoms with van der Waals surface area (Å²) >= 11 is 0. The van der Waals surface area contributed by atoms with Gasteiger partial charge in [-0.25, -0.2) is 4.68 Å². The zero-order valence-electron chi connectivity index (χ0n) is 24.8. The summed E-state index contributed by atoms with van der Waals surface area (Å²) in [6.07, 6.45) is 3.30. The third-order valence-corrected chi connectivity index (χ3v) is 7.05. The summed E-state index contributed by atoms with van der Waals surface area (Å²) in [7, 11) is 6.07. The molecule has 2 aromatic heterocycles. The van der Waals surface area contributed by atoms with Crippen LogP contribution in [0.3, 0.4) is 0 Å². The number of anilines is 1. The molecule has 0 aliphatic rings. The van der Waals surface area contributed by atoms with Gasteiger partial charge in [-0.15, -0.1) is 5.10 Å². The fraction of sp³-hybridized carbons (Fsp3) is 0.219. The third kappa shape index (κ3) is 6.38. The van der Waals surface area contributed by atoms with Crippen molar-refractivity contribution in [2.24, 2.45) is 0 Å². The molecule has 0 saturated carbocycles. The quantitative estimate of drug-likeness (QED) is 0.224. The number of hydrogen-bond donors (Lipinski definition) is 1. The van der Waals surface area contributed by atoms with Gasteiger partial charge in [0, 0.05) is 25.0 Å². The van der Waals surface area contributed by atoms with Crippen molar-refractivity contribution in [3.63, 3.8) is 0 Å². The highest BCUT2D eigenvalue weighted by atomic mass is 16.5. The Morgan fingerprint density at radius 3 is 2.39 bits per heavy atom. The molecule has 0 saturated heterocycles. The maximum absolute atomic E-state index is 14.3. The monoisotopic (exact) mass is 596 g/mol. The van der Waals surface area contributed by atoms with E-state index in [1.807, 2.05) is 30.3 Å². The van der Waals surface area contributed by atoms with Crippen LogP contribution in [-0.4, -0.2) is 65.1 Å². The van der Waals surface area contributed by atoms with E-state index in [0.29, 0.717) is 45.3 Å². The topological polar surface area (TPSA) is 130 Å². The molecule has 1 atom stereocenters. The molecule has 5 rings (SSSR count). The lowest BCUT2D eigenvalue weighted by molar-refractivity contribution is -0.140. The number of ether oxygens (including phenoxy) is 4. The number of aromatic nitrogens is 4. The molecule has 1 N–H and O–H groups in total. The Balaban J connectivity index is 1.60. The van der Waals surface area contributed by atoms with Crippen molar-refractivity contribution in [3.8, 4) is 23.0 Å². The molecule has 0 radical (unpaired) electrons. The van der Waals surface area contributed by atoms with Crippen LogP contribution in [0.1, 0.15) is 17.2 Å². The average Bonchev–Trinajstić information content (AvgIpc) is 3.47. The van der Waals surface area contributed by atoms with Crippen LogP contribution in [0.5, 0.6) is 23.0 Å². The first kappa shape index (κ1) is 29.8. The lowest BCUT2D eigenvalue weighted by Gasteiger charge is -2.32. The average molecular weight is 597 g/mol. The molecule has 44 heavy (non-hydrogen) atoms. The summed E-state index contributed by atoms with van der Waals surface area (Å²) in [5, 5.41) is 11.3. The fourth-order valence-electron chi connectivity index (χ4n) is 4.86. The van der Waals surface area contributed by atoms with Gasteiger partial charge in [-0.2, -0.15) is 0 Å². The molecule has 226 valence electrons. The molecule has 0 fully saturated rings. The first-order valence-electron chi connectivity index (χ1n) is 13.7. The minimum atomic E-state index is -1.12. The molecule has 12 nitrogen and oxygen atoms in total. The number of nitrogens with one attached hydrogen (secondary N) is 1. The standard InChI is InChI=1S/C32H32N6O6/c1-41-23-12-13-25(28(17-23)43-3)34-32(40)31(22-11-14-27(42-2)29(16-22)44-4)37(19-21-8-7-15-33-18-21)30(39)20-38-26-10-6-5-9-24(26)35-36-38/h5-18,31H,19-20H2,1-4H3,(H,34,40)/t31-/m0/s1. The highest BCUT2D eigenvalue weighted by Gasteiger charge is 2.33. The molecule has 12 heteroatoms. The van der Waals surface area contributed by atoms with E-state index in [0.717, 1.165) is 5.56 Å². The highest BCUT2D eigenvalue weighted by molar-refractivity contribution is 5.99. The number of benzene rings is 3. The van der Waals surface area contributed by atoms with Gasteiger partial charge in [0.25, 0.3) is 5.91 Å². The van der Waals surface area contributed by atoms with Crippen molar-refractivity contribution in [1.29, 1.82) is 0 Å². The SMILES string of the molecule is COc1ccc(NC(=O)[C@H](c2ccc(OC)c(OC)c2)N(Cc2cccnc2)C(=O)Cn2nnc3ccccc32)c(OC)c1. The van der Waals surface area contributed by atoms with E-state index >= 15 is 0 Å². The molecule has 0 unspecified atom stereocenters. The van der Waals surface area contributed by atoms with Gasteiger partial charge in [-0.05, 0) is 53.6 Å². The van der Waals surface area contributed by atoms with E-state index in [2.05, 4.69) is 20.6 Å². The normalized spacial score (nSPS) is 11.5. The van der Waals surface area contributed by atoms with Crippen LogP contribution in [-0.2, 0) is 22.7 Å². The fourth-order valence-corrected chi connectivity index (χ4v) is 4.86. The Morgan fingerprint density at radius 1 is 0.864 bits per heavy atom. The smallest absolute Gasteiger partial charge is 0.251 e. The highest BCUT2D eigenvalue weighted by Crippen LogP contribution is 2.35. The van der Waals surface area contributed by atoms with Crippen molar-refractivity contribution in [2.45, 2.75) is 19.1 Å². The van der Waals surface area contributed by atoms with Crippen LogP contribution in [0, 0.1) is 0 Å². The predicted octanol–water partition coefficient (Wildman–Crippen LogP) is 4.27. The lowest BCUT2D eigenvalue weighted by Crippen LogP contribution is -2.42. The zero-order valence-corrected chi connectivity index (χ0v) is 24.8. The second kappa shape index (κ2) is 13.6. The van der Waals surface area contributed by atoms with Crippen LogP contribution in [0.15, 0.2) is 85.2 Å². The Hall–Kier alpha value is -5.65. The number of pyridine rings is 1. The molecular formula is C32H32N6O6. The van der Waals surface area contributed by atoms with Gasteiger partial charge >= 0.3 is 0 Å². The van der Waals surface area contributed by atoms with Gasteiger partial charge in [-0.3, -0.25) is 14.6 Å². The van der Waals surface area contributed by atoms with Crippen LogP contribution in [0.2, 0.25) is 0 Å². The number of carbonyl (C=O) groups excluding carboxylic acids is 2. The first-order valence-corrected chi connectivity index (χ1v) is 13.7. The van der Waals surface area contributed by atoms with Crippen molar-refractivity contribution in [3.05, 3.63) is 96.3 Å². The number of nitrogens with zero attached hydrogens (tertiary/aromatic N) is 5. The van der Waals surface area contributed by atoms with E-state index < -0.39 is 11.9 Å². The number of methoxy groups -OCH3 is 4. The number of carbonyl (C=O) groups is 2. The number of hydrogen-bond acceptors (Lipinski definition) is 9. The van der Waals surface area contributed by atoms with E-state index in [-0.39, 0.29) is 19.0 Å². The second-order valence-electron chi connectivity index (χ2n) is 9.69. The Labute approximate surface area is 254 Å². The summed E-state index contributed by atoms with van der Waals surface area (Å²) in [5.41, 5.74) is 2.97. The molecular weight excluding hydrogens is 564 g/mol. The maximum atomic E-state index is 14.3. The molecule has 2 heterocycles. The molecule has 0 spiro atoms. The number of amides is 2. The predicted molar refractivity (Wildman–Crippen MR) is 163 cm³/mol. The maximum Gasteiger partial charge on any atom is 0.251 e. The summed E-state index contributed by atoms with van der Waals surface area (Å²) in [6, 6.07) is 20.0. The Morgan fingerprint density at radius 2 is 1.66 bits per heavy atom. The van der Waals surface area contributed by atoms with Crippen molar-refractivity contribution >= 4 is 28.5 Å². The Bertz CT molecular complexity index is 1760. The molecule has 2 amide bonds. The largest absolute Gasteiger partial charge is 0.497 e. The third-order valence-electron chi connectivity index (χ3n) is 7.05. The summed E-state index contributed by atoms with van der Waals surface area (Å²) < 4.78 is 23.3. The summed E-state index contributed by atoms with van der Waals surface area (Å²) in [5.74, 6) is 0.975. The van der Waals surface area contributed by atoms with Gasteiger partial charge in [0.05, 0.1) is 39.6 Å². The minimum absolute atomic E-state index is 0.0749. The molecule has 5 aromatic rings. The van der Waals surface area contributed by atoms with Gasteiger partial charge < -0.3 is 29.2 Å². The summed E-state index contributed by atoms with van der Waals surface area (Å²) in [6.45, 7) is -0.0881. The van der Waals surface area contributed by atoms with Crippen molar-refractivity contribution < 1.29 is 28.5 Å². The van der Waals surface area contributed by atoms with Crippen LogP contribution in [0.25, 0.3) is 11.0 Å². The Kier molecular flexibility index (Phi) is 9.19. The minimum Gasteiger partial charge on any atom is -0.497 e. The second-order valence-corrected chi connectivity index (χ2v) is 9.69. The molecule has 0 aliphatic carbocycles. The van der Waals surface area contributed by atoms with Gasteiger partial charge in [0.1, 0.15) is 29.6 Å². The van der Waals surface area contributed by atoms with Gasteiger partial charge in [0.2, 0.25) is 5.91 Å². The van der Waals surface area contributed by atoms with E-state index in [1.165, 1.54) is 30.9 Å². The van der Waals surface area contributed by atoms with Crippen LogP contribution < -0.4 is 24.3 Å². The molecule has 0 bridgehead atoms. The number of para-hydroxylation sites is 1. The molecule has 3 aromatic carbocycles. The van der Waals surface area contributed by atoms with E-state index in [1.54, 1.807) is 62.0 Å². The van der Waals surface area contributed by atoms with E-state index in [9.17, 15) is 9.59 Å². The number of rotatable bonds is 12. The van der Waals surface area contributed by atoms with Crippen molar-refractivity contribution in [1.82, 2.24) is 24.9 Å². The van der Waals surface area contributed by atoms with Gasteiger partial charge in [0.15, 0.2) is 11.5 Å². The van der Waals surface area contributed by atoms with E-state index in [4.69, 9.17) is 18.9 Å². The molecule has 0 aliphatic heterocycles. The van der Waals surface area contributed by atoms with Crippen molar-refractivity contribution in [2.75, 3.05) is 33.8 Å². The zero-order chi connectivity index (χ0) is 31.1. The van der Waals surface area contributed by atoms with Crippen LogP contribution >= 0.6 is 0 Å². The van der Waals surface area contributed by atoms with Crippen LogP contribution in [0.4, 0.5) is 5.69 Å². The lowest BCUT2D eigenvalue weighted by atomic mass is 10.0. The first-order chi connectivity index (χ1) is 21.4.